The van der Waals surface area contributed by atoms with Crippen molar-refractivity contribution in [3.05, 3.63) is 65.0 Å². The van der Waals surface area contributed by atoms with E-state index in [2.05, 4.69) is 17.0 Å². The lowest BCUT2D eigenvalue weighted by molar-refractivity contribution is 0.597. The van der Waals surface area contributed by atoms with Gasteiger partial charge in [-0.15, -0.1) is 0 Å². The number of aryl methyl sites for hydroxylation is 1. The third-order valence-corrected chi connectivity index (χ3v) is 3.93. The fraction of sp³-hybridized carbons (Fsp3) is 0.235. The molecule has 0 atom stereocenters. The lowest BCUT2D eigenvalue weighted by atomic mass is 10.0. The number of hydrogen-bond acceptors (Lipinski definition) is 2. The van der Waals surface area contributed by atoms with Crippen LogP contribution in [-0.2, 0) is 13.0 Å². The van der Waals surface area contributed by atoms with E-state index in [1.54, 1.807) is 12.1 Å². The molecule has 1 aliphatic rings. The van der Waals surface area contributed by atoms with Gasteiger partial charge in [-0.3, -0.25) is 5.41 Å². The molecule has 0 radical (unpaired) electrons. The van der Waals surface area contributed by atoms with Crippen molar-refractivity contribution in [1.82, 2.24) is 0 Å². The molecule has 0 aliphatic carbocycles. The highest BCUT2D eigenvalue weighted by Gasteiger charge is 2.17. The number of rotatable bonds is 3. The van der Waals surface area contributed by atoms with Crippen LogP contribution in [0.1, 0.15) is 23.1 Å². The first kappa shape index (κ1) is 13.6. The Morgan fingerprint density at radius 3 is 2.81 bits per heavy atom. The first-order chi connectivity index (χ1) is 10.1. The normalized spacial score (nSPS) is 13.9. The summed E-state index contributed by atoms with van der Waals surface area (Å²) in [5.74, 6) is -0.408. The molecule has 0 aromatic heterocycles. The molecule has 3 N–H and O–H groups in total. The van der Waals surface area contributed by atoms with Crippen molar-refractivity contribution in [3.63, 3.8) is 0 Å². The van der Waals surface area contributed by atoms with Crippen LogP contribution >= 0.6 is 0 Å². The van der Waals surface area contributed by atoms with Gasteiger partial charge in [-0.2, -0.15) is 0 Å². The van der Waals surface area contributed by atoms with Crippen LogP contribution in [0.2, 0.25) is 0 Å². The summed E-state index contributed by atoms with van der Waals surface area (Å²) in [6.45, 7) is 1.48. The number of fused-ring (bicyclic) bond motifs is 1. The minimum Gasteiger partial charge on any atom is -0.384 e. The maximum atomic E-state index is 14.2. The Labute approximate surface area is 123 Å². The number of para-hydroxylation sites is 1. The average molecular weight is 283 g/mol. The molecule has 0 saturated carbocycles. The van der Waals surface area contributed by atoms with Crippen LogP contribution in [0, 0.1) is 11.2 Å². The predicted molar refractivity (Wildman–Crippen MR) is 83.2 cm³/mol. The number of nitrogens with two attached hydrogens (primary N) is 1. The van der Waals surface area contributed by atoms with E-state index in [1.165, 1.54) is 17.3 Å². The maximum absolute atomic E-state index is 14.2. The fourth-order valence-electron chi connectivity index (χ4n) is 2.82. The van der Waals surface area contributed by atoms with Gasteiger partial charge in [-0.05, 0) is 30.5 Å². The number of nitrogen functional groups attached to an aromatic ring is 1. The summed E-state index contributed by atoms with van der Waals surface area (Å²) in [6, 6.07) is 13.1. The number of halogens is 1. The van der Waals surface area contributed by atoms with Crippen LogP contribution < -0.4 is 10.6 Å². The molecule has 0 saturated heterocycles. The third-order valence-electron chi connectivity index (χ3n) is 3.93. The molecule has 0 bridgehead atoms. The Hall–Kier alpha value is -2.36. The highest BCUT2D eigenvalue weighted by molar-refractivity contribution is 5.94. The molecule has 21 heavy (non-hydrogen) atoms. The number of nitrogens with one attached hydrogen (secondary N) is 1. The Morgan fingerprint density at radius 2 is 2.05 bits per heavy atom. The van der Waals surface area contributed by atoms with Gasteiger partial charge in [0, 0.05) is 29.9 Å². The summed E-state index contributed by atoms with van der Waals surface area (Å²) in [4.78, 5) is 2.21. The van der Waals surface area contributed by atoms with E-state index in [1.807, 2.05) is 12.1 Å². The van der Waals surface area contributed by atoms with Crippen LogP contribution in [0.3, 0.4) is 0 Å². The minimum absolute atomic E-state index is 0.108. The van der Waals surface area contributed by atoms with E-state index in [0.29, 0.717) is 17.7 Å². The van der Waals surface area contributed by atoms with Gasteiger partial charge in [-0.1, -0.05) is 30.3 Å². The van der Waals surface area contributed by atoms with Crippen LogP contribution in [0.5, 0.6) is 0 Å². The molecule has 0 fully saturated rings. The SMILES string of the molecule is N=C(N)c1ccc(CN2CCCc3ccccc32)c(F)c1. The molecule has 0 amide bonds. The maximum Gasteiger partial charge on any atom is 0.128 e. The first-order valence-corrected chi connectivity index (χ1v) is 7.11. The van der Waals surface area contributed by atoms with Gasteiger partial charge in [0.25, 0.3) is 0 Å². The zero-order valence-electron chi connectivity index (χ0n) is 11.8. The molecule has 1 aliphatic heterocycles. The number of benzene rings is 2. The first-order valence-electron chi connectivity index (χ1n) is 7.11. The van der Waals surface area contributed by atoms with Gasteiger partial charge >= 0.3 is 0 Å². The number of nitrogens with zero attached hydrogens (tertiary/aromatic N) is 1. The monoisotopic (exact) mass is 283 g/mol. The van der Waals surface area contributed by atoms with Crippen LogP contribution in [-0.4, -0.2) is 12.4 Å². The number of hydrogen-bond donors (Lipinski definition) is 2. The van der Waals surface area contributed by atoms with Crippen molar-refractivity contribution in [2.45, 2.75) is 19.4 Å². The van der Waals surface area contributed by atoms with Crippen molar-refractivity contribution in [2.75, 3.05) is 11.4 Å². The molecule has 0 spiro atoms. The summed E-state index contributed by atoms with van der Waals surface area (Å²) >= 11 is 0. The van der Waals surface area contributed by atoms with Crippen molar-refractivity contribution in [3.8, 4) is 0 Å². The molecule has 3 rings (SSSR count). The molecule has 0 unspecified atom stereocenters. The lowest BCUT2D eigenvalue weighted by Crippen LogP contribution is -2.29. The highest BCUT2D eigenvalue weighted by atomic mass is 19.1. The second kappa shape index (κ2) is 5.56. The van der Waals surface area contributed by atoms with Gasteiger partial charge in [0.2, 0.25) is 0 Å². The zero-order chi connectivity index (χ0) is 14.8. The van der Waals surface area contributed by atoms with Crippen molar-refractivity contribution < 1.29 is 4.39 Å². The van der Waals surface area contributed by atoms with E-state index in [4.69, 9.17) is 11.1 Å². The van der Waals surface area contributed by atoms with E-state index >= 15 is 0 Å². The van der Waals surface area contributed by atoms with Crippen LogP contribution in [0.25, 0.3) is 0 Å². The fourth-order valence-corrected chi connectivity index (χ4v) is 2.82. The topological polar surface area (TPSA) is 53.1 Å². The molecular weight excluding hydrogens is 265 g/mol. The van der Waals surface area contributed by atoms with Gasteiger partial charge in [-0.25, -0.2) is 4.39 Å². The zero-order valence-corrected chi connectivity index (χ0v) is 11.8. The van der Waals surface area contributed by atoms with Gasteiger partial charge < -0.3 is 10.6 Å². The largest absolute Gasteiger partial charge is 0.384 e. The standard InChI is InChI=1S/C17H18FN3/c18-15-10-13(17(19)20)7-8-14(15)11-21-9-3-5-12-4-1-2-6-16(12)21/h1-2,4,6-8,10H,3,5,9,11H2,(H3,19,20). The lowest BCUT2D eigenvalue weighted by Gasteiger charge is -2.31. The molecule has 2 aromatic rings. The van der Waals surface area contributed by atoms with E-state index < -0.39 is 0 Å². The van der Waals surface area contributed by atoms with Gasteiger partial charge in [0.15, 0.2) is 0 Å². The Morgan fingerprint density at radius 1 is 1.24 bits per heavy atom. The van der Waals surface area contributed by atoms with E-state index in [9.17, 15) is 4.39 Å². The Kier molecular flexibility index (Phi) is 3.60. The number of anilines is 1. The Balaban J connectivity index is 1.86. The summed E-state index contributed by atoms with van der Waals surface area (Å²) in [7, 11) is 0. The molecule has 4 heteroatoms. The van der Waals surface area contributed by atoms with Crippen LogP contribution in [0.4, 0.5) is 10.1 Å². The van der Waals surface area contributed by atoms with E-state index in [0.717, 1.165) is 19.4 Å². The summed E-state index contributed by atoms with van der Waals surface area (Å²) in [5.41, 5.74) is 8.97. The minimum atomic E-state index is -0.300. The van der Waals surface area contributed by atoms with E-state index in [-0.39, 0.29) is 11.7 Å². The molecular formula is C17H18FN3. The second-order valence-corrected chi connectivity index (χ2v) is 5.37. The quantitative estimate of drug-likeness (QED) is 0.672. The van der Waals surface area contributed by atoms with Crippen LogP contribution in [0.15, 0.2) is 42.5 Å². The summed E-state index contributed by atoms with van der Waals surface area (Å²) < 4.78 is 14.2. The molecule has 3 nitrogen and oxygen atoms in total. The average Bonchev–Trinajstić information content (AvgIpc) is 2.49. The summed E-state index contributed by atoms with van der Waals surface area (Å²) in [6.07, 6.45) is 2.17. The number of amidine groups is 1. The molecule has 1 heterocycles. The smallest absolute Gasteiger partial charge is 0.128 e. The second-order valence-electron chi connectivity index (χ2n) is 5.37. The Bertz CT molecular complexity index is 681. The third kappa shape index (κ3) is 2.75. The van der Waals surface area contributed by atoms with Crippen molar-refractivity contribution in [1.29, 1.82) is 5.41 Å². The molecule has 108 valence electrons. The highest BCUT2D eigenvalue weighted by Crippen LogP contribution is 2.28. The summed E-state index contributed by atoms with van der Waals surface area (Å²) in [5, 5.41) is 7.35. The van der Waals surface area contributed by atoms with Crippen molar-refractivity contribution in [2.24, 2.45) is 5.73 Å². The predicted octanol–water partition coefficient (Wildman–Crippen LogP) is 3.06. The molecule has 2 aromatic carbocycles. The van der Waals surface area contributed by atoms with Gasteiger partial charge in [0.1, 0.15) is 11.7 Å². The van der Waals surface area contributed by atoms with Gasteiger partial charge in [0.05, 0.1) is 0 Å². The van der Waals surface area contributed by atoms with Crippen molar-refractivity contribution >= 4 is 11.5 Å².